The van der Waals surface area contributed by atoms with Crippen molar-refractivity contribution in [1.29, 1.82) is 0 Å². The summed E-state index contributed by atoms with van der Waals surface area (Å²) in [5, 5.41) is 13.9. The Kier molecular flexibility index (Phi) is 4.15. The van der Waals surface area contributed by atoms with E-state index in [0.29, 0.717) is 17.1 Å². The van der Waals surface area contributed by atoms with Gasteiger partial charge in [-0.25, -0.2) is 4.68 Å². The van der Waals surface area contributed by atoms with Crippen LogP contribution in [0.3, 0.4) is 0 Å². The number of aromatic nitrogens is 4. The Morgan fingerprint density at radius 2 is 1.83 bits per heavy atom. The van der Waals surface area contributed by atoms with Crippen LogP contribution in [0, 0.1) is 6.92 Å². The summed E-state index contributed by atoms with van der Waals surface area (Å²) in [6.45, 7) is 1.92. The van der Waals surface area contributed by atoms with Crippen LogP contribution in [0.2, 0.25) is 0 Å². The average molecular weight is 321 g/mol. The minimum Gasteiger partial charge on any atom is -0.319 e. The molecule has 3 rings (SSSR count). The number of aryl methyl sites for hydroxylation is 2. The van der Waals surface area contributed by atoms with Crippen LogP contribution < -0.4 is 5.32 Å². The van der Waals surface area contributed by atoms with Gasteiger partial charge < -0.3 is 5.32 Å². The van der Waals surface area contributed by atoms with Crippen molar-refractivity contribution in [3.63, 3.8) is 0 Å². The van der Waals surface area contributed by atoms with Crippen molar-refractivity contribution in [2.24, 2.45) is 7.05 Å². The molecule has 1 N–H and O–H groups in total. The molecule has 7 nitrogen and oxygen atoms in total. The van der Waals surface area contributed by atoms with Gasteiger partial charge in [-0.3, -0.25) is 9.59 Å². The van der Waals surface area contributed by atoms with Crippen molar-refractivity contribution in [1.82, 2.24) is 20.2 Å². The molecule has 0 fully saturated rings. The van der Waals surface area contributed by atoms with Crippen LogP contribution in [0.25, 0.3) is 11.4 Å². The van der Waals surface area contributed by atoms with Gasteiger partial charge in [0.2, 0.25) is 0 Å². The van der Waals surface area contributed by atoms with E-state index in [4.69, 9.17) is 0 Å². The van der Waals surface area contributed by atoms with Crippen LogP contribution in [-0.2, 0) is 11.8 Å². The molecule has 1 heterocycles. The third kappa shape index (κ3) is 3.19. The Hall–Kier alpha value is -3.35. The number of anilines is 1. The Labute approximate surface area is 138 Å². The molecule has 3 aromatic rings. The van der Waals surface area contributed by atoms with Gasteiger partial charge >= 0.3 is 0 Å². The second-order valence-electron chi connectivity index (χ2n) is 5.36. The number of ketones is 1. The molecule has 0 atom stereocenters. The third-order valence-electron chi connectivity index (χ3n) is 3.52. The molecule has 1 amide bonds. The molecule has 120 valence electrons. The maximum absolute atomic E-state index is 12.2. The Balaban J connectivity index is 1.78. The monoisotopic (exact) mass is 321 g/mol. The van der Waals surface area contributed by atoms with E-state index in [-0.39, 0.29) is 0 Å². The zero-order chi connectivity index (χ0) is 17.1. The maximum Gasteiger partial charge on any atom is 0.296 e. The van der Waals surface area contributed by atoms with Gasteiger partial charge in [0, 0.05) is 23.9 Å². The summed E-state index contributed by atoms with van der Waals surface area (Å²) in [5.41, 5.74) is 2.62. The lowest BCUT2D eigenvalue weighted by atomic mass is 10.1. The topological polar surface area (TPSA) is 89.8 Å². The van der Waals surface area contributed by atoms with Gasteiger partial charge in [0.1, 0.15) is 0 Å². The molecule has 0 bridgehead atoms. The van der Waals surface area contributed by atoms with E-state index in [2.05, 4.69) is 20.8 Å². The molecule has 0 radical (unpaired) electrons. The predicted molar refractivity (Wildman–Crippen MR) is 88.4 cm³/mol. The first-order valence-electron chi connectivity index (χ1n) is 7.30. The quantitative estimate of drug-likeness (QED) is 0.586. The van der Waals surface area contributed by atoms with Crippen molar-refractivity contribution in [3.8, 4) is 11.4 Å². The highest BCUT2D eigenvalue weighted by Gasteiger charge is 2.16. The van der Waals surface area contributed by atoms with Crippen molar-refractivity contribution >= 4 is 17.4 Å². The molecule has 0 aliphatic carbocycles. The van der Waals surface area contributed by atoms with Crippen LogP contribution in [0.1, 0.15) is 15.9 Å². The summed E-state index contributed by atoms with van der Waals surface area (Å²) in [5.74, 6) is -0.705. The standard InChI is InChI=1S/C17H15N5O2/c1-11-6-8-12(9-7-11)15(23)17(24)18-14-5-3-4-13(10-14)16-19-20-21-22(16)2/h3-10H,1-2H3,(H,18,24). The highest BCUT2D eigenvalue weighted by atomic mass is 16.2. The lowest BCUT2D eigenvalue weighted by molar-refractivity contribution is -0.112. The number of hydrogen-bond donors (Lipinski definition) is 1. The van der Waals surface area contributed by atoms with Crippen molar-refractivity contribution in [2.75, 3.05) is 5.32 Å². The smallest absolute Gasteiger partial charge is 0.296 e. The molecule has 0 saturated carbocycles. The summed E-state index contributed by atoms with van der Waals surface area (Å²) in [4.78, 5) is 24.3. The highest BCUT2D eigenvalue weighted by molar-refractivity contribution is 6.46. The average Bonchev–Trinajstić information content (AvgIpc) is 3.01. The Morgan fingerprint density at radius 1 is 1.08 bits per heavy atom. The minimum absolute atomic E-state index is 0.353. The number of rotatable bonds is 4. The highest BCUT2D eigenvalue weighted by Crippen LogP contribution is 2.19. The summed E-state index contributed by atoms with van der Waals surface area (Å²) < 4.78 is 1.53. The zero-order valence-corrected chi connectivity index (χ0v) is 13.2. The van der Waals surface area contributed by atoms with Crippen molar-refractivity contribution < 1.29 is 9.59 Å². The first kappa shape index (κ1) is 15.5. The Bertz CT molecular complexity index is 899. The molecule has 2 aromatic carbocycles. The first-order chi connectivity index (χ1) is 11.5. The number of hydrogen-bond acceptors (Lipinski definition) is 5. The molecular formula is C17H15N5O2. The number of nitrogens with one attached hydrogen (secondary N) is 1. The molecule has 0 spiro atoms. The van der Waals surface area contributed by atoms with Crippen LogP contribution >= 0.6 is 0 Å². The molecule has 0 unspecified atom stereocenters. The van der Waals surface area contributed by atoms with E-state index in [1.54, 1.807) is 49.5 Å². The SMILES string of the molecule is Cc1ccc(C(=O)C(=O)Nc2cccc(-c3nnnn3C)c2)cc1. The van der Waals surface area contributed by atoms with E-state index in [1.165, 1.54) is 4.68 Å². The summed E-state index contributed by atoms with van der Waals surface area (Å²) in [7, 11) is 1.72. The lowest BCUT2D eigenvalue weighted by Crippen LogP contribution is -2.22. The van der Waals surface area contributed by atoms with Crippen LogP contribution in [0.15, 0.2) is 48.5 Å². The van der Waals surface area contributed by atoms with Gasteiger partial charge in [-0.05, 0) is 29.5 Å². The van der Waals surface area contributed by atoms with Gasteiger partial charge in [0.15, 0.2) is 5.82 Å². The van der Waals surface area contributed by atoms with Gasteiger partial charge in [-0.1, -0.05) is 42.0 Å². The molecule has 0 aliphatic heterocycles. The number of carbonyl (C=O) groups is 2. The van der Waals surface area contributed by atoms with Crippen LogP contribution in [-0.4, -0.2) is 31.9 Å². The van der Waals surface area contributed by atoms with E-state index in [0.717, 1.165) is 11.1 Å². The molecule has 7 heteroatoms. The lowest BCUT2D eigenvalue weighted by Gasteiger charge is -2.06. The van der Waals surface area contributed by atoms with E-state index < -0.39 is 11.7 Å². The predicted octanol–water partition coefficient (Wildman–Crippen LogP) is 2.01. The fraction of sp³-hybridized carbons (Fsp3) is 0.118. The summed E-state index contributed by atoms with van der Waals surface area (Å²) in [6, 6.07) is 13.9. The normalized spacial score (nSPS) is 10.4. The number of tetrazole rings is 1. The molecule has 0 saturated heterocycles. The van der Waals surface area contributed by atoms with Crippen LogP contribution in [0.4, 0.5) is 5.69 Å². The number of nitrogens with zero attached hydrogens (tertiary/aromatic N) is 4. The van der Waals surface area contributed by atoms with Crippen molar-refractivity contribution in [2.45, 2.75) is 6.92 Å². The van der Waals surface area contributed by atoms with Crippen molar-refractivity contribution in [3.05, 3.63) is 59.7 Å². The van der Waals surface area contributed by atoms with Gasteiger partial charge in [0.05, 0.1) is 0 Å². The molecule has 1 aromatic heterocycles. The second kappa shape index (κ2) is 6.41. The summed E-state index contributed by atoms with van der Waals surface area (Å²) in [6.07, 6.45) is 0. The maximum atomic E-state index is 12.2. The van der Waals surface area contributed by atoms with Gasteiger partial charge in [-0.15, -0.1) is 5.10 Å². The Morgan fingerprint density at radius 3 is 2.50 bits per heavy atom. The van der Waals surface area contributed by atoms with E-state index in [1.807, 2.05) is 13.0 Å². The number of amides is 1. The molecule has 24 heavy (non-hydrogen) atoms. The molecule has 0 aliphatic rings. The van der Waals surface area contributed by atoms with E-state index in [9.17, 15) is 9.59 Å². The number of carbonyl (C=O) groups excluding carboxylic acids is 2. The number of Topliss-reactive ketones (excluding diaryl/α,β-unsaturated/α-hetero) is 1. The zero-order valence-electron chi connectivity index (χ0n) is 13.2. The molecular weight excluding hydrogens is 306 g/mol. The minimum atomic E-state index is -0.688. The van der Waals surface area contributed by atoms with E-state index >= 15 is 0 Å². The fourth-order valence-electron chi connectivity index (χ4n) is 2.23. The largest absolute Gasteiger partial charge is 0.319 e. The van der Waals surface area contributed by atoms with Gasteiger partial charge in [0.25, 0.3) is 11.7 Å². The summed E-state index contributed by atoms with van der Waals surface area (Å²) >= 11 is 0. The van der Waals surface area contributed by atoms with Gasteiger partial charge in [-0.2, -0.15) is 0 Å². The second-order valence-corrected chi connectivity index (χ2v) is 5.36. The third-order valence-corrected chi connectivity index (χ3v) is 3.52. The van der Waals surface area contributed by atoms with Crippen LogP contribution in [0.5, 0.6) is 0 Å². The fourth-order valence-corrected chi connectivity index (χ4v) is 2.23. The number of benzene rings is 2. The first-order valence-corrected chi connectivity index (χ1v) is 7.30.